The van der Waals surface area contributed by atoms with Crippen LogP contribution >= 0.6 is 31.9 Å². The zero-order valence-electron chi connectivity index (χ0n) is 9.42. The summed E-state index contributed by atoms with van der Waals surface area (Å²) in [6.45, 7) is 4.34. The Hall–Kier alpha value is -0.0900. The van der Waals surface area contributed by atoms with Crippen LogP contribution in [0.5, 0.6) is 0 Å². The number of aromatic nitrogens is 1. The Morgan fingerprint density at radius 1 is 1.50 bits per heavy atom. The van der Waals surface area contributed by atoms with Crippen LogP contribution in [-0.4, -0.2) is 23.4 Å². The summed E-state index contributed by atoms with van der Waals surface area (Å²) in [5.41, 5.74) is 1.07. The molecule has 16 heavy (non-hydrogen) atoms. The maximum Gasteiger partial charge on any atom is 0.128 e. The summed E-state index contributed by atoms with van der Waals surface area (Å²) >= 11 is 7.00. The number of hydrogen-bond acceptors (Lipinski definition) is 2. The van der Waals surface area contributed by atoms with Gasteiger partial charge in [0.05, 0.1) is 5.69 Å². The number of rotatable bonds is 3. The molecule has 1 atom stereocenters. The van der Waals surface area contributed by atoms with Gasteiger partial charge in [0.25, 0.3) is 0 Å². The third kappa shape index (κ3) is 2.77. The highest BCUT2D eigenvalue weighted by Crippen LogP contribution is 2.26. The molecule has 0 bridgehead atoms. The molecule has 1 fully saturated rings. The van der Waals surface area contributed by atoms with Gasteiger partial charge < -0.3 is 4.90 Å². The highest BCUT2D eigenvalue weighted by atomic mass is 79.9. The average molecular weight is 348 g/mol. The molecule has 1 saturated heterocycles. The number of aryl methyl sites for hydroxylation is 1. The van der Waals surface area contributed by atoms with Crippen LogP contribution in [0.25, 0.3) is 0 Å². The van der Waals surface area contributed by atoms with Crippen molar-refractivity contribution in [3.05, 3.63) is 22.3 Å². The number of pyridine rings is 1. The number of halogens is 2. The number of alkyl halides is 1. The van der Waals surface area contributed by atoms with Gasteiger partial charge in [0.2, 0.25) is 0 Å². The van der Waals surface area contributed by atoms with Gasteiger partial charge in [-0.25, -0.2) is 4.98 Å². The second kappa shape index (κ2) is 5.50. The van der Waals surface area contributed by atoms with Gasteiger partial charge in [0, 0.05) is 22.9 Å². The first-order chi connectivity index (χ1) is 7.70. The molecule has 1 aliphatic heterocycles. The molecule has 1 unspecified atom stereocenters. The van der Waals surface area contributed by atoms with Crippen LogP contribution in [0, 0.1) is 12.8 Å². The minimum absolute atomic E-state index is 0.824. The molecule has 1 aromatic heterocycles. The van der Waals surface area contributed by atoms with Crippen LogP contribution in [0.3, 0.4) is 0 Å². The molecule has 1 aliphatic rings. The predicted molar refractivity (Wildman–Crippen MR) is 75.4 cm³/mol. The lowest BCUT2D eigenvalue weighted by Crippen LogP contribution is -2.21. The van der Waals surface area contributed by atoms with Gasteiger partial charge in [-0.3, -0.25) is 0 Å². The summed E-state index contributed by atoms with van der Waals surface area (Å²) in [5, 5.41) is 1.11. The highest BCUT2D eigenvalue weighted by Gasteiger charge is 2.22. The Kier molecular flexibility index (Phi) is 4.25. The number of hydrogen-bond donors (Lipinski definition) is 0. The molecular formula is C12H16Br2N2. The molecule has 0 N–H and O–H groups in total. The molecule has 2 nitrogen and oxygen atoms in total. The van der Waals surface area contributed by atoms with E-state index in [9.17, 15) is 0 Å². The highest BCUT2D eigenvalue weighted by molar-refractivity contribution is 9.10. The zero-order chi connectivity index (χ0) is 11.5. The van der Waals surface area contributed by atoms with Crippen molar-refractivity contribution in [1.82, 2.24) is 4.98 Å². The fourth-order valence-corrected chi connectivity index (χ4v) is 3.01. The van der Waals surface area contributed by atoms with Crippen LogP contribution in [0.1, 0.15) is 18.5 Å². The first-order valence-electron chi connectivity index (χ1n) is 5.64. The molecule has 0 aromatic carbocycles. The zero-order valence-corrected chi connectivity index (χ0v) is 12.6. The van der Waals surface area contributed by atoms with Crippen molar-refractivity contribution in [2.45, 2.75) is 19.8 Å². The van der Waals surface area contributed by atoms with E-state index in [0.717, 1.165) is 40.3 Å². The van der Waals surface area contributed by atoms with Gasteiger partial charge in [0.15, 0.2) is 0 Å². The van der Waals surface area contributed by atoms with Crippen LogP contribution in [0.4, 0.5) is 5.82 Å². The second-order valence-electron chi connectivity index (χ2n) is 4.32. The Morgan fingerprint density at radius 2 is 2.31 bits per heavy atom. The molecule has 1 aromatic rings. The van der Waals surface area contributed by atoms with Gasteiger partial charge in [-0.15, -0.1) is 0 Å². The molecule has 0 aliphatic carbocycles. The monoisotopic (exact) mass is 346 g/mol. The van der Waals surface area contributed by atoms with Gasteiger partial charge >= 0.3 is 0 Å². The number of nitrogens with zero attached hydrogens (tertiary/aromatic N) is 2. The molecular weight excluding hydrogens is 332 g/mol. The fraction of sp³-hybridized carbons (Fsp3) is 0.583. The van der Waals surface area contributed by atoms with Gasteiger partial charge in [-0.1, -0.05) is 15.9 Å². The van der Waals surface area contributed by atoms with Crippen molar-refractivity contribution < 1.29 is 0 Å². The Bertz CT molecular complexity index is 368. The molecule has 0 saturated carbocycles. The standard InChI is InChI=1S/C12H16Br2N2/c1-9-11(14)2-3-12(15-9)16-7-5-10(8-16)4-6-13/h2-3,10H,4-8H2,1H3. The molecule has 2 rings (SSSR count). The van der Waals surface area contributed by atoms with E-state index in [0.29, 0.717) is 0 Å². The van der Waals surface area contributed by atoms with E-state index in [2.05, 4.69) is 53.9 Å². The van der Waals surface area contributed by atoms with Crippen molar-refractivity contribution in [3.8, 4) is 0 Å². The quantitative estimate of drug-likeness (QED) is 0.774. The first-order valence-corrected chi connectivity index (χ1v) is 7.56. The Morgan fingerprint density at radius 3 is 3.00 bits per heavy atom. The van der Waals surface area contributed by atoms with Crippen LogP contribution < -0.4 is 4.90 Å². The topological polar surface area (TPSA) is 16.1 Å². The van der Waals surface area contributed by atoms with E-state index in [4.69, 9.17) is 0 Å². The van der Waals surface area contributed by atoms with Gasteiger partial charge in [0.1, 0.15) is 5.82 Å². The molecule has 4 heteroatoms. The first kappa shape index (κ1) is 12.4. The van der Waals surface area contributed by atoms with Crippen LogP contribution in [0.2, 0.25) is 0 Å². The SMILES string of the molecule is Cc1nc(N2CCC(CCBr)C2)ccc1Br. The van der Waals surface area contributed by atoms with E-state index in [1.807, 2.05) is 6.92 Å². The predicted octanol–water partition coefficient (Wildman–Crippen LogP) is 3.76. The van der Waals surface area contributed by atoms with E-state index in [-0.39, 0.29) is 0 Å². The molecule has 88 valence electrons. The number of anilines is 1. The smallest absolute Gasteiger partial charge is 0.128 e. The molecule has 0 amide bonds. The maximum atomic E-state index is 4.62. The van der Waals surface area contributed by atoms with E-state index in [1.54, 1.807) is 0 Å². The Labute approximate surface area is 114 Å². The largest absolute Gasteiger partial charge is 0.356 e. The summed E-state index contributed by atoms with van der Waals surface area (Å²) in [6.07, 6.45) is 2.56. The van der Waals surface area contributed by atoms with Crippen molar-refractivity contribution in [2.24, 2.45) is 5.92 Å². The lowest BCUT2D eigenvalue weighted by Gasteiger charge is -2.18. The summed E-state index contributed by atoms with van der Waals surface area (Å²) in [5.74, 6) is 1.95. The van der Waals surface area contributed by atoms with Crippen molar-refractivity contribution in [2.75, 3.05) is 23.3 Å². The van der Waals surface area contributed by atoms with E-state index >= 15 is 0 Å². The van der Waals surface area contributed by atoms with Crippen molar-refractivity contribution >= 4 is 37.7 Å². The second-order valence-corrected chi connectivity index (χ2v) is 5.96. The summed E-state index contributed by atoms with van der Waals surface area (Å²) < 4.78 is 1.09. The summed E-state index contributed by atoms with van der Waals surface area (Å²) in [7, 11) is 0. The Balaban J connectivity index is 2.05. The third-order valence-corrected chi connectivity index (χ3v) is 4.43. The fourth-order valence-electron chi connectivity index (χ4n) is 2.14. The summed E-state index contributed by atoms with van der Waals surface area (Å²) in [6, 6.07) is 4.20. The average Bonchev–Trinajstić information content (AvgIpc) is 2.71. The minimum Gasteiger partial charge on any atom is -0.356 e. The normalized spacial score (nSPS) is 20.4. The van der Waals surface area contributed by atoms with Crippen LogP contribution in [-0.2, 0) is 0 Å². The van der Waals surface area contributed by atoms with Crippen molar-refractivity contribution in [1.29, 1.82) is 0 Å². The van der Waals surface area contributed by atoms with E-state index in [1.165, 1.54) is 12.8 Å². The maximum absolute atomic E-state index is 4.62. The minimum atomic E-state index is 0.824. The van der Waals surface area contributed by atoms with Gasteiger partial charge in [-0.2, -0.15) is 0 Å². The molecule has 0 radical (unpaired) electrons. The van der Waals surface area contributed by atoms with Gasteiger partial charge in [-0.05, 0) is 53.7 Å². The van der Waals surface area contributed by atoms with E-state index < -0.39 is 0 Å². The van der Waals surface area contributed by atoms with Crippen LogP contribution in [0.15, 0.2) is 16.6 Å². The third-order valence-electron chi connectivity index (χ3n) is 3.13. The van der Waals surface area contributed by atoms with Crippen molar-refractivity contribution in [3.63, 3.8) is 0 Å². The lowest BCUT2D eigenvalue weighted by molar-refractivity contribution is 0.575. The molecule has 2 heterocycles. The summed E-state index contributed by atoms with van der Waals surface area (Å²) in [4.78, 5) is 7.01. The molecule has 0 spiro atoms. The lowest BCUT2D eigenvalue weighted by atomic mass is 10.1.